The number of carbonyl (C=O) groups excluding carboxylic acids is 1. The van der Waals surface area contributed by atoms with Crippen molar-refractivity contribution in [3.63, 3.8) is 0 Å². The molecule has 0 bridgehead atoms. The Morgan fingerprint density at radius 2 is 1.97 bits per heavy atom. The number of sulfonamides is 1. The van der Waals surface area contributed by atoms with Crippen LogP contribution in [0.2, 0.25) is 0 Å². The number of fused-ring (bicyclic) bond motifs is 1. The summed E-state index contributed by atoms with van der Waals surface area (Å²) < 4.78 is 34.7. The summed E-state index contributed by atoms with van der Waals surface area (Å²) in [5.41, 5.74) is -0.0791. The van der Waals surface area contributed by atoms with Gasteiger partial charge in [-0.05, 0) is 37.8 Å². The van der Waals surface area contributed by atoms with E-state index >= 15 is 0 Å². The van der Waals surface area contributed by atoms with Gasteiger partial charge in [-0.1, -0.05) is 19.1 Å². The first kappa shape index (κ1) is 23.4. The van der Waals surface area contributed by atoms with Crippen LogP contribution in [0.1, 0.15) is 24.6 Å². The molecule has 1 aliphatic rings. The minimum atomic E-state index is -3.85. The molecule has 11 heteroatoms. The fourth-order valence-electron chi connectivity index (χ4n) is 3.98. The van der Waals surface area contributed by atoms with Crippen molar-refractivity contribution in [2.45, 2.75) is 38.1 Å². The fourth-order valence-corrected chi connectivity index (χ4v) is 7.12. The van der Waals surface area contributed by atoms with Crippen LogP contribution < -0.4 is 15.6 Å². The van der Waals surface area contributed by atoms with Gasteiger partial charge in [-0.15, -0.1) is 11.3 Å². The zero-order chi connectivity index (χ0) is 23.8. The Bertz CT molecular complexity index is 1350. The number of amides is 1. The molecule has 1 fully saturated rings. The van der Waals surface area contributed by atoms with Gasteiger partial charge in [0.25, 0.3) is 5.56 Å². The van der Waals surface area contributed by atoms with Gasteiger partial charge in [0.05, 0.1) is 24.5 Å². The highest BCUT2D eigenvalue weighted by molar-refractivity contribution is 7.89. The van der Waals surface area contributed by atoms with Crippen molar-refractivity contribution in [1.82, 2.24) is 13.9 Å². The largest absolute Gasteiger partial charge is 0.495 e. The summed E-state index contributed by atoms with van der Waals surface area (Å²) in [6, 6.07) is 6.93. The molecule has 1 N–H and O–H groups in total. The number of para-hydroxylation sites is 2. The molecule has 0 aliphatic carbocycles. The van der Waals surface area contributed by atoms with Crippen LogP contribution in [0.15, 0.2) is 40.3 Å². The second kappa shape index (κ2) is 9.24. The topological polar surface area (TPSA) is 111 Å². The van der Waals surface area contributed by atoms with Crippen molar-refractivity contribution < 1.29 is 17.9 Å². The smallest absolute Gasteiger partial charge is 0.263 e. The fraction of sp³-hybridized carbons (Fsp3) is 0.409. The van der Waals surface area contributed by atoms with E-state index in [2.05, 4.69) is 17.2 Å². The molecule has 0 saturated carbocycles. The number of aryl methyl sites for hydroxylation is 1. The molecule has 0 atom stereocenters. The molecule has 0 spiro atoms. The Kier molecular flexibility index (Phi) is 6.55. The zero-order valence-corrected chi connectivity index (χ0v) is 20.3. The molecule has 0 radical (unpaired) electrons. The van der Waals surface area contributed by atoms with Gasteiger partial charge in [0, 0.05) is 18.0 Å². The Hall–Kier alpha value is -2.76. The third kappa shape index (κ3) is 4.53. The minimum Gasteiger partial charge on any atom is -0.495 e. The number of piperidine rings is 1. The molecule has 3 aromatic rings. The van der Waals surface area contributed by atoms with Gasteiger partial charge in [0.2, 0.25) is 15.9 Å². The van der Waals surface area contributed by atoms with Crippen LogP contribution in [0.5, 0.6) is 5.75 Å². The van der Waals surface area contributed by atoms with Crippen LogP contribution in [0.3, 0.4) is 0 Å². The van der Waals surface area contributed by atoms with E-state index in [1.807, 2.05) is 0 Å². The molecule has 3 heterocycles. The van der Waals surface area contributed by atoms with Crippen LogP contribution in [0.4, 0.5) is 5.69 Å². The summed E-state index contributed by atoms with van der Waals surface area (Å²) in [5, 5.41) is 2.76. The molecule has 1 saturated heterocycles. The highest BCUT2D eigenvalue weighted by atomic mass is 32.2. The quantitative estimate of drug-likeness (QED) is 0.569. The number of thiophene rings is 1. The second-order valence-corrected chi connectivity index (χ2v) is 11.3. The summed E-state index contributed by atoms with van der Waals surface area (Å²) in [5.74, 6) is 0.506. The first-order chi connectivity index (χ1) is 15.7. The maximum atomic E-state index is 13.5. The standard InChI is InChI=1S/C22H26N4O5S2/c1-14-8-10-26(11-9-14)33(29,30)20-15(2)32-21-19(20)22(28)25(13-23-21)12-18(27)24-16-6-4-5-7-17(16)31-3/h4-7,13-14H,8-12H2,1-3H3,(H,24,27). The molecule has 33 heavy (non-hydrogen) atoms. The van der Waals surface area contributed by atoms with E-state index < -0.39 is 21.5 Å². The van der Waals surface area contributed by atoms with Crippen LogP contribution in [-0.2, 0) is 21.4 Å². The van der Waals surface area contributed by atoms with Crippen molar-refractivity contribution in [2.24, 2.45) is 5.92 Å². The van der Waals surface area contributed by atoms with Crippen LogP contribution >= 0.6 is 11.3 Å². The predicted molar refractivity (Wildman–Crippen MR) is 127 cm³/mol. The van der Waals surface area contributed by atoms with E-state index in [4.69, 9.17) is 4.74 Å². The first-order valence-electron chi connectivity index (χ1n) is 10.6. The number of nitrogens with zero attached hydrogens (tertiary/aromatic N) is 3. The van der Waals surface area contributed by atoms with E-state index in [9.17, 15) is 18.0 Å². The Morgan fingerprint density at radius 3 is 2.67 bits per heavy atom. The molecule has 1 aliphatic heterocycles. The Labute approximate surface area is 196 Å². The molecule has 1 amide bonds. The number of nitrogens with one attached hydrogen (secondary N) is 1. The number of methoxy groups -OCH3 is 1. The van der Waals surface area contributed by atoms with Gasteiger partial charge in [0.1, 0.15) is 22.0 Å². The Balaban J connectivity index is 1.67. The van der Waals surface area contributed by atoms with Gasteiger partial charge < -0.3 is 10.1 Å². The third-order valence-corrected chi connectivity index (χ3v) is 9.05. The SMILES string of the molecule is COc1ccccc1NC(=O)Cn1cnc2sc(C)c(S(=O)(=O)N3CCC(C)CC3)c2c1=O. The lowest BCUT2D eigenvalue weighted by molar-refractivity contribution is -0.116. The number of carbonyl (C=O) groups is 1. The summed E-state index contributed by atoms with van der Waals surface area (Å²) in [6.07, 6.45) is 2.85. The summed E-state index contributed by atoms with van der Waals surface area (Å²) >= 11 is 1.17. The molecule has 0 unspecified atom stereocenters. The number of anilines is 1. The van der Waals surface area contributed by atoms with Gasteiger partial charge in [0.15, 0.2) is 0 Å². The molecule has 1 aromatic carbocycles. The van der Waals surface area contributed by atoms with Crippen molar-refractivity contribution in [2.75, 3.05) is 25.5 Å². The van der Waals surface area contributed by atoms with E-state index in [1.54, 1.807) is 31.2 Å². The lowest BCUT2D eigenvalue weighted by atomic mass is 10.0. The molecule has 9 nitrogen and oxygen atoms in total. The van der Waals surface area contributed by atoms with E-state index in [1.165, 1.54) is 29.1 Å². The van der Waals surface area contributed by atoms with E-state index in [0.717, 1.165) is 17.4 Å². The van der Waals surface area contributed by atoms with Crippen molar-refractivity contribution in [3.8, 4) is 5.75 Å². The summed E-state index contributed by atoms with van der Waals surface area (Å²) in [4.78, 5) is 31.1. The number of benzene rings is 1. The molecular formula is C22H26N4O5S2. The summed E-state index contributed by atoms with van der Waals surface area (Å²) in [6.45, 7) is 4.33. The van der Waals surface area contributed by atoms with Gasteiger partial charge in [-0.25, -0.2) is 13.4 Å². The van der Waals surface area contributed by atoms with Crippen molar-refractivity contribution in [1.29, 1.82) is 0 Å². The van der Waals surface area contributed by atoms with E-state index in [-0.39, 0.29) is 16.8 Å². The number of ether oxygens (including phenoxy) is 1. The van der Waals surface area contributed by atoms with Gasteiger partial charge in [-0.2, -0.15) is 4.31 Å². The number of hydrogen-bond donors (Lipinski definition) is 1. The van der Waals surface area contributed by atoms with Crippen LogP contribution in [0.25, 0.3) is 10.2 Å². The lowest BCUT2D eigenvalue weighted by Crippen LogP contribution is -2.38. The third-order valence-electron chi connectivity index (χ3n) is 5.84. The van der Waals surface area contributed by atoms with Crippen molar-refractivity contribution >= 4 is 43.2 Å². The number of hydrogen-bond acceptors (Lipinski definition) is 7. The average molecular weight is 491 g/mol. The van der Waals surface area contributed by atoms with Crippen LogP contribution in [-0.4, -0.2) is 48.4 Å². The number of aromatic nitrogens is 2. The lowest BCUT2D eigenvalue weighted by Gasteiger charge is -2.29. The molecule has 2 aromatic heterocycles. The van der Waals surface area contributed by atoms with Crippen LogP contribution in [0, 0.1) is 12.8 Å². The summed E-state index contributed by atoms with van der Waals surface area (Å²) in [7, 11) is -2.35. The highest BCUT2D eigenvalue weighted by Crippen LogP contribution is 2.34. The predicted octanol–water partition coefficient (Wildman–Crippen LogP) is 2.83. The average Bonchev–Trinajstić information content (AvgIpc) is 3.14. The van der Waals surface area contributed by atoms with Gasteiger partial charge in [-0.3, -0.25) is 14.2 Å². The number of rotatable bonds is 6. The molecule has 4 rings (SSSR count). The normalized spacial score (nSPS) is 15.6. The van der Waals surface area contributed by atoms with E-state index in [0.29, 0.717) is 40.2 Å². The maximum absolute atomic E-state index is 13.5. The molecule has 176 valence electrons. The molecular weight excluding hydrogens is 464 g/mol. The monoisotopic (exact) mass is 490 g/mol. The minimum absolute atomic E-state index is 0.00837. The second-order valence-electron chi connectivity index (χ2n) is 8.18. The zero-order valence-electron chi connectivity index (χ0n) is 18.7. The van der Waals surface area contributed by atoms with Gasteiger partial charge >= 0.3 is 0 Å². The maximum Gasteiger partial charge on any atom is 0.263 e. The Morgan fingerprint density at radius 1 is 1.27 bits per heavy atom. The highest BCUT2D eigenvalue weighted by Gasteiger charge is 2.33. The van der Waals surface area contributed by atoms with Crippen molar-refractivity contribution in [3.05, 3.63) is 45.8 Å². The first-order valence-corrected chi connectivity index (χ1v) is 12.9.